The summed E-state index contributed by atoms with van der Waals surface area (Å²) < 4.78 is 14.4. The Balaban J connectivity index is 2.81. The Labute approximate surface area is 108 Å². The first-order valence-corrected chi connectivity index (χ1v) is 6.07. The monoisotopic (exact) mass is 297 g/mol. The van der Waals surface area contributed by atoms with E-state index in [-0.39, 0.29) is 5.82 Å². The number of benzene rings is 1. The molecule has 17 heavy (non-hydrogen) atoms. The van der Waals surface area contributed by atoms with Crippen molar-refractivity contribution in [3.8, 4) is 0 Å². The van der Waals surface area contributed by atoms with E-state index in [1.807, 2.05) is 0 Å². The molecule has 0 aliphatic carbocycles. The van der Waals surface area contributed by atoms with Gasteiger partial charge in [-0.1, -0.05) is 15.9 Å². The van der Waals surface area contributed by atoms with Crippen LogP contribution >= 0.6 is 15.9 Å². The van der Waals surface area contributed by atoms with Gasteiger partial charge in [0, 0.05) is 21.1 Å². The molecule has 0 saturated carbocycles. The Hall–Kier alpha value is -1.00. The zero-order valence-electron chi connectivity index (χ0n) is 9.88. The fourth-order valence-electron chi connectivity index (χ4n) is 1.92. The van der Waals surface area contributed by atoms with E-state index >= 15 is 0 Å². The first kappa shape index (κ1) is 12.5. The zero-order chi connectivity index (χ0) is 12.8. The molecule has 1 aromatic carbocycles. The van der Waals surface area contributed by atoms with Crippen LogP contribution in [0.3, 0.4) is 0 Å². The highest BCUT2D eigenvalue weighted by Gasteiger charge is 2.20. The third-order valence-electron chi connectivity index (χ3n) is 2.69. The summed E-state index contributed by atoms with van der Waals surface area (Å²) in [6, 6.07) is 4.96. The molecule has 90 valence electrons. The molecule has 1 heterocycles. The van der Waals surface area contributed by atoms with Gasteiger partial charge in [-0.3, -0.25) is 0 Å². The van der Waals surface area contributed by atoms with E-state index in [4.69, 9.17) is 0 Å². The number of halogens is 2. The van der Waals surface area contributed by atoms with Gasteiger partial charge in [-0.2, -0.15) is 0 Å². The number of hydrogen-bond donors (Lipinski definition) is 1. The molecule has 0 amide bonds. The van der Waals surface area contributed by atoms with E-state index in [9.17, 15) is 9.50 Å². The largest absolute Gasteiger partial charge is 0.386 e. The van der Waals surface area contributed by atoms with Crippen LogP contribution in [-0.4, -0.2) is 10.1 Å². The third-order valence-corrected chi connectivity index (χ3v) is 3.14. The van der Waals surface area contributed by atoms with Crippen LogP contribution in [0.1, 0.15) is 25.1 Å². The molecular weight excluding hydrogens is 285 g/mol. The smallest absolute Gasteiger partial charge is 0.150 e. The van der Waals surface area contributed by atoms with Gasteiger partial charge in [-0.05, 0) is 39.0 Å². The summed E-state index contributed by atoms with van der Waals surface area (Å²) >= 11 is 3.25. The number of nitrogens with zero attached hydrogens (tertiary/aromatic N) is 1. The number of aromatic nitrogens is 1. The molecule has 0 fully saturated rings. The lowest BCUT2D eigenvalue weighted by atomic mass is 9.95. The number of rotatable bonds is 1. The number of aliphatic hydroxyl groups is 1. The molecule has 0 radical (unpaired) electrons. The molecule has 0 bridgehead atoms. The number of hydrogen-bond acceptors (Lipinski definition) is 2. The van der Waals surface area contributed by atoms with Gasteiger partial charge >= 0.3 is 0 Å². The molecule has 0 atom stereocenters. The van der Waals surface area contributed by atoms with E-state index in [0.717, 1.165) is 0 Å². The molecular formula is C13H13BrFNO. The van der Waals surface area contributed by atoms with Crippen molar-refractivity contribution in [1.82, 2.24) is 4.98 Å². The molecule has 2 aromatic rings. The van der Waals surface area contributed by atoms with E-state index in [2.05, 4.69) is 20.9 Å². The standard InChI is InChI=1S/C13H13BrFNO/c1-7-10(13(2,3)17)5-8-4-9(14)6-11(15)12(8)16-7/h4-6,17H,1-3H3. The maximum absolute atomic E-state index is 13.7. The summed E-state index contributed by atoms with van der Waals surface area (Å²) in [5.74, 6) is -0.361. The number of aryl methyl sites for hydroxylation is 1. The minimum atomic E-state index is -0.982. The van der Waals surface area contributed by atoms with Crippen LogP contribution in [0, 0.1) is 12.7 Å². The lowest BCUT2D eigenvalue weighted by Crippen LogP contribution is -2.18. The summed E-state index contributed by atoms with van der Waals surface area (Å²) in [5.41, 5.74) is 0.705. The Morgan fingerprint density at radius 2 is 1.94 bits per heavy atom. The third kappa shape index (κ3) is 2.33. The molecule has 0 aliphatic heterocycles. The molecule has 0 spiro atoms. The average Bonchev–Trinajstić information content (AvgIpc) is 2.16. The second-order valence-electron chi connectivity index (χ2n) is 4.64. The molecule has 0 unspecified atom stereocenters. The minimum absolute atomic E-state index is 0.332. The maximum atomic E-state index is 13.7. The molecule has 4 heteroatoms. The SMILES string of the molecule is Cc1nc2c(F)cc(Br)cc2cc1C(C)(C)O. The van der Waals surface area contributed by atoms with Crippen molar-refractivity contribution < 1.29 is 9.50 Å². The summed E-state index contributed by atoms with van der Waals surface area (Å²) in [6.45, 7) is 5.16. The highest BCUT2D eigenvalue weighted by Crippen LogP contribution is 2.28. The van der Waals surface area contributed by atoms with Gasteiger partial charge in [0.1, 0.15) is 5.52 Å². The lowest BCUT2D eigenvalue weighted by molar-refractivity contribution is 0.0776. The minimum Gasteiger partial charge on any atom is -0.386 e. The Morgan fingerprint density at radius 3 is 2.53 bits per heavy atom. The van der Waals surface area contributed by atoms with Crippen LogP contribution in [0.4, 0.5) is 4.39 Å². The van der Waals surface area contributed by atoms with E-state index in [1.165, 1.54) is 6.07 Å². The molecule has 0 saturated heterocycles. The van der Waals surface area contributed by atoms with Gasteiger partial charge < -0.3 is 5.11 Å². The highest BCUT2D eigenvalue weighted by molar-refractivity contribution is 9.10. The van der Waals surface area contributed by atoms with Gasteiger partial charge in [-0.15, -0.1) is 0 Å². The van der Waals surface area contributed by atoms with Crippen LogP contribution in [0.15, 0.2) is 22.7 Å². The summed E-state index contributed by atoms with van der Waals surface area (Å²) in [7, 11) is 0. The normalized spacial score (nSPS) is 12.1. The summed E-state index contributed by atoms with van der Waals surface area (Å²) in [4.78, 5) is 4.23. The fraction of sp³-hybridized carbons (Fsp3) is 0.308. The van der Waals surface area contributed by atoms with Crippen LogP contribution < -0.4 is 0 Å². The molecule has 2 nitrogen and oxygen atoms in total. The van der Waals surface area contributed by atoms with Crippen molar-refractivity contribution >= 4 is 26.8 Å². The second kappa shape index (κ2) is 4.03. The predicted molar refractivity (Wildman–Crippen MR) is 69.4 cm³/mol. The predicted octanol–water partition coefficient (Wildman–Crippen LogP) is 3.67. The Morgan fingerprint density at radius 1 is 1.29 bits per heavy atom. The van der Waals surface area contributed by atoms with Gasteiger partial charge in [0.15, 0.2) is 5.82 Å². The Bertz CT molecular complexity index is 590. The van der Waals surface area contributed by atoms with Crippen LogP contribution in [-0.2, 0) is 5.60 Å². The quantitative estimate of drug-likeness (QED) is 0.871. The molecule has 2 rings (SSSR count). The number of fused-ring (bicyclic) bond motifs is 1. The van der Waals surface area contributed by atoms with Crippen LogP contribution in [0.2, 0.25) is 0 Å². The van der Waals surface area contributed by atoms with Crippen molar-refractivity contribution in [3.05, 3.63) is 39.7 Å². The Kier molecular flexibility index (Phi) is 2.96. The van der Waals surface area contributed by atoms with Gasteiger partial charge in [-0.25, -0.2) is 9.37 Å². The van der Waals surface area contributed by atoms with E-state index in [1.54, 1.807) is 32.9 Å². The topological polar surface area (TPSA) is 33.1 Å². The van der Waals surface area contributed by atoms with Crippen molar-refractivity contribution in [1.29, 1.82) is 0 Å². The summed E-state index contributed by atoms with van der Waals surface area (Å²) in [6.07, 6.45) is 0. The lowest BCUT2D eigenvalue weighted by Gasteiger charge is -2.20. The van der Waals surface area contributed by atoms with E-state index in [0.29, 0.717) is 26.6 Å². The van der Waals surface area contributed by atoms with Crippen LogP contribution in [0.5, 0.6) is 0 Å². The van der Waals surface area contributed by atoms with E-state index < -0.39 is 5.60 Å². The average molecular weight is 298 g/mol. The van der Waals surface area contributed by atoms with Crippen molar-refractivity contribution in [3.63, 3.8) is 0 Å². The van der Waals surface area contributed by atoms with Gasteiger partial charge in [0.05, 0.1) is 5.60 Å². The molecule has 1 aromatic heterocycles. The first-order chi connectivity index (χ1) is 7.79. The maximum Gasteiger partial charge on any atom is 0.150 e. The second-order valence-corrected chi connectivity index (χ2v) is 5.56. The van der Waals surface area contributed by atoms with Gasteiger partial charge in [0.2, 0.25) is 0 Å². The van der Waals surface area contributed by atoms with Crippen LogP contribution in [0.25, 0.3) is 10.9 Å². The fourth-order valence-corrected chi connectivity index (χ4v) is 2.37. The zero-order valence-corrected chi connectivity index (χ0v) is 11.5. The number of pyridine rings is 1. The molecule has 1 N–H and O–H groups in total. The van der Waals surface area contributed by atoms with Gasteiger partial charge in [0.25, 0.3) is 0 Å². The van der Waals surface area contributed by atoms with Crippen molar-refractivity contribution in [2.24, 2.45) is 0 Å². The van der Waals surface area contributed by atoms with Crippen molar-refractivity contribution in [2.45, 2.75) is 26.4 Å². The first-order valence-electron chi connectivity index (χ1n) is 5.28. The highest BCUT2D eigenvalue weighted by atomic mass is 79.9. The summed E-state index contributed by atoms with van der Waals surface area (Å²) in [5, 5.41) is 10.7. The van der Waals surface area contributed by atoms with Crippen molar-refractivity contribution in [2.75, 3.05) is 0 Å². The molecule has 0 aliphatic rings.